The lowest BCUT2D eigenvalue weighted by atomic mass is 10.5. The van der Waals surface area contributed by atoms with Crippen LogP contribution in [0.3, 0.4) is 0 Å². The van der Waals surface area contributed by atoms with Crippen molar-refractivity contribution in [1.29, 1.82) is 0 Å². The van der Waals surface area contributed by atoms with Gasteiger partial charge in [0.05, 0.1) is 0 Å². The summed E-state index contributed by atoms with van der Waals surface area (Å²) in [5.41, 5.74) is 0. The second-order valence-corrected chi connectivity index (χ2v) is 2.35. The molecule has 9 heavy (non-hydrogen) atoms. The molecule has 0 spiro atoms. The molecular formula is C5H7NO2S. The smallest absolute Gasteiger partial charge is 0.269 e. The van der Waals surface area contributed by atoms with E-state index in [-0.39, 0.29) is 6.42 Å². The fourth-order valence-corrected chi connectivity index (χ4v) is 0.734. The molecule has 0 saturated heterocycles. The largest absolute Gasteiger partial charge is 0.287 e. The molecule has 0 aromatic carbocycles. The lowest BCUT2D eigenvalue weighted by molar-refractivity contribution is -0.117. The van der Waals surface area contributed by atoms with Gasteiger partial charge in [-0.1, -0.05) is 6.58 Å². The van der Waals surface area contributed by atoms with Crippen molar-refractivity contribution in [2.45, 2.75) is 6.42 Å². The second kappa shape index (κ2) is 5.50. The normalized spacial score (nSPS) is 8.44. The van der Waals surface area contributed by atoms with Crippen LogP contribution in [0.5, 0.6) is 0 Å². The highest BCUT2D eigenvalue weighted by Gasteiger charge is 1.97. The maximum atomic E-state index is 10.2. The topological polar surface area (TPSA) is 46.5 Å². The molecule has 0 fully saturated rings. The zero-order chi connectivity index (χ0) is 7.11. The van der Waals surface area contributed by atoms with Crippen LogP contribution < -0.4 is 0 Å². The summed E-state index contributed by atoms with van der Waals surface area (Å²) in [6, 6.07) is 0. The van der Waals surface area contributed by atoms with E-state index in [0.717, 1.165) is 0 Å². The monoisotopic (exact) mass is 145 g/mol. The minimum Gasteiger partial charge on any atom is -0.269 e. The molecule has 0 aromatic heterocycles. The van der Waals surface area contributed by atoms with E-state index in [1.807, 2.05) is 0 Å². The van der Waals surface area contributed by atoms with Gasteiger partial charge in [0.2, 0.25) is 0 Å². The number of hydrogen-bond donors (Lipinski definition) is 0. The van der Waals surface area contributed by atoms with Crippen molar-refractivity contribution in [3.63, 3.8) is 0 Å². The third kappa shape index (κ3) is 5.23. The fraction of sp³-hybridized carbons (Fsp3) is 0.400. The molecule has 0 radical (unpaired) electrons. The van der Waals surface area contributed by atoms with Crippen molar-refractivity contribution in [1.82, 2.24) is 0 Å². The van der Waals surface area contributed by atoms with Gasteiger partial charge in [-0.3, -0.25) is 4.79 Å². The summed E-state index contributed by atoms with van der Waals surface area (Å²) in [7, 11) is 0. The molecule has 0 aliphatic carbocycles. The van der Waals surface area contributed by atoms with Crippen LogP contribution >= 0.6 is 11.8 Å². The van der Waals surface area contributed by atoms with Gasteiger partial charge in [0.1, 0.15) is 0 Å². The number of nitrogens with zero attached hydrogens (tertiary/aromatic N) is 1. The van der Waals surface area contributed by atoms with Gasteiger partial charge >= 0.3 is 0 Å². The Balaban J connectivity index is 3.16. The molecule has 0 aliphatic rings. The summed E-state index contributed by atoms with van der Waals surface area (Å²) in [6.45, 7) is 3.43. The second-order valence-electron chi connectivity index (χ2n) is 1.27. The minimum absolute atomic E-state index is 0.209. The molecule has 0 atom stereocenters. The Morgan fingerprint density at radius 1 is 1.78 bits per heavy atom. The van der Waals surface area contributed by atoms with Crippen LogP contribution in [0, 0.1) is 4.91 Å². The molecule has 0 N–H and O–H groups in total. The number of carbonyl (C=O) groups is 1. The van der Waals surface area contributed by atoms with Crippen LogP contribution in [0.15, 0.2) is 17.2 Å². The first-order valence-electron chi connectivity index (χ1n) is 2.40. The van der Waals surface area contributed by atoms with E-state index >= 15 is 0 Å². The highest BCUT2D eigenvalue weighted by Crippen LogP contribution is 2.02. The van der Waals surface area contributed by atoms with E-state index in [9.17, 15) is 9.70 Å². The molecule has 0 unspecified atom stereocenters. The van der Waals surface area contributed by atoms with Gasteiger partial charge in [-0.15, -0.1) is 16.7 Å². The van der Waals surface area contributed by atoms with Gasteiger partial charge in [0.15, 0.2) is 0 Å². The summed E-state index contributed by atoms with van der Waals surface area (Å²) in [5, 5.41) is 3.85. The molecule has 3 nitrogen and oxygen atoms in total. The Hall–Kier alpha value is -0.640. The average molecular weight is 145 g/mol. The van der Waals surface area contributed by atoms with Crippen molar-refractivity contribution in [3.8, 4) is 0 Å². The first-order valence-corrected chi connectivity index (χ1v) is 3.45. The first-order chi connectivity index (χ1) is 4.31. The fourth-order valence-electron chi connectivity index (χ4n) is 0.275. The predicted octanol–water partition coefficient (Wildman–Crippen LogP) is 1.55. The van der Waals surface area contributed by atoms with E-state index in [0.29, 0.717) is 5.75 Å². The van der Waals surface area contributed by atoms with Crippen molar-refractivity contribution < 1.29 is 4.79 Å². The van der Waals surface area contributed by atoms with Crippen LogP contribution in [0.2, 0.25) is 0 Å². The quantitative estimate of drug-likeness (QED) is 0.445. The zero-order valence-corrected chi connectivity index (χ0v) is 5.69. The molecule has 0 aliphatic heterocycles. The standard InChI is InChI=1S/C5H7NO2S/c1-2-9-4-3-5(7)6-8/h2H,1,3-4H2. The van der Waals surface area contributed by atoms with Crippen molar-refractivity contribution >= 4 is 17.7 Å². The maximum Gasteiger partial charge on any atom is 0.287 e. The third-order valence-electron chi connectivity index (χ3n) is 0.653. The Bertz CT molecular complexity index is 124. The number of amides is 1. The Morgan fingerprint density at radius 3 is 2.89 bits per heavy atom. The minimum atomic E-state index is -0.593. The molecule has 1 amide bonds. The summed E-state index contributed by atoms with van der Waals surface area (Å²) in [4.78, 5) is 19.6. The number of thioether (sulfide) groups is 1. The van der Waals surface area contributed by atoms with Crippen LogP contribution in [0.4, 0.5) is 0 Å². The predicted molar refractivity (Wildman–Crippen MR) is 38.1 cm³/mol. The number of carbonyl (C=O) groups excluding carboxylic acids is 1. The lowest BCUT2D eigenvalue weighted by Gasteiger charge is -1.86. The molecule has 0 bridgehead atoms. The number of rotatable bonds is 4. The molecule has 0 saturated carbocycles. The Morgan fingerprint density at radius 2 is 2.44 bits per heavy atom. The zero-order valence-electron chi connectivity index (χ0n) is 4.87. The highest BCUT2D eigenvalue weighted by atomic mass is 32.2. The molecule has 0 rings (SSSR count). The number of nitroso groups, excluding NO2 is 1. The van der Waals surface area contributed by atoms with E-state index in [4.69, 9.17) is 0 Å². The van der Waals surface area contributed by atoms with Crippen molar-refractivity contribution in [2.24, 2.45) is 5.18 Å². The van der Waals surface area contributed by atoms with Gasteiger partial charge in [-0.25, -0.2) is 0 Å². The number of hydrogen-bond acceptors (Lipinski definition) is 3. The van der Waals surface area contributed by atoms with Crippen LogP contribution in [0.1, 0.15) is 6.42 Å². The lowest BCUT2D eigenvalue weighted by Crippen LogP contribution is -1.91. The summed E-state index contributed by atoms with van der Waals surface area (Å²) < 4.78 is 0. The van der Waals surface area contributed by atoms with Gasteiger partial charge in [0, 0.05) is 17.4 Å². The highest BCUT2D eigenvalue weighted by molar-refractivity contribution is 8.02. The van der Waals surface area contributed by atoms with E-state index in [1.54, 1.807) is 5.41 Å². The van der Waals surface area contributed by atoms with Gasteiger partial charge < -0.3 is 0 Å². The van der Waals surface area contributed by atoms with Gasteiger partial charge in [0.25, 0.3) is 5.91 Å². The third-order valence-corrected chi connectivity index (χ3v) is 1.33. The van der Waals surface area contributed by atoms with Crippen LogP contribution in [-0.4, -0.2) is 11.7 Å². The van der Waals surface area contributed by atoms with Crippen molar-refractivity contribution in [3.05, 3.63) is 16.9 Å². The molecule has 4 heteroatoms. The van der Waals surface area contributed by atoms with E-state index in [2.05, 4.69) is 11.8 Å². The Kier molecular flexibility index (Phi) is 5.11. The SMILES string of the molecule is C=CSCCC(=O)N=O. The summed E-state index contributed by atoms with van der Waals surface area (Å²) >= 11 is 1.40. The average Bonchev–Trinajstić information content (AvgIpc) is 1.89. The first kappa shape index (κ1) is 8.36. The summed E-state index contributed by atoms with van der Waals surface area (Å²) in [6.07, 6.45) is 0.209. The van der Waals surface area contributed by atoms with Gasteiger partial charge in [-0.2, -0.15) is 0 Å². The van der Waals surface area contributed by atoms with E-state index in [1.165, 1.54) is 11.8 Å². The Labute approximate surface area is 57.5 Å². The molecule has 0 aromatic rings. The van der Waals surface area contributed by atoms with Crippen LogP contribution in [-0.2, 0) is 4.79 Å². The van der Waals surface area contributed by atoms with Crippen molar-refractivity contribution in [2.75, 3.05) is 5.75 Å². The molecule has 50 valence electrons. The molecular weight excluding hydrogens is 138 g/mol. The van der Waals surface area contributed by atoms with Gasteiger partial charge in [-0.05, 0) is 5.41 Å². The summed E-state index contributed by atoms with van der Waals surface area (Å²) in [5.74, 6) is -0.00185. The van der Waals surface area contributed by atoms with E-state index < -0.39 is 5.91 Å². The molecule has 0 heterocycles. The van der Waals surface area contributed by atoms with Crippen LogP contribution in [0.25, 0.3) is 0 Å². The maximum absolute atomic E-state index is 10.2.